The van der Waals surface area contributed by atoms with Crippen LogP contribution in [-0.4, -0.2) is 61.4 Å². The molecule has 1 aliphatic heterocycles. The normalized spacial score (nSPS) is 14.5. The molecule has 0 bridgehead atoms. The third kappa shape index (κ3) is 7.77. The highest BCUT2D eigenvalue weighted by Crippen LogP contribution is 2.29. The van der Waals surface area contributed by atoms with Crippen molar-refractivity contribution < 1.29 is 14.3 Å². The maximum absolute atomic E-state index is 12.3. The molecule has 0 radical (unpaired) electrons. The topological polar surface area (TPSA) is 73.9 Å². The van der Waals surface area contributed by atoms with Crippen LogP contribution in [0.3, 0.4) is 0 Å². The SMILES string of the molecule is COc1ccc(C=CC(=O)NNC(=O)CCN2CCN(C(c3ccccc3)c3ccccc3)CC2)cc1. The van der Waals surface area contributed by atoms with Crippen LogP contribution in [-0.2, 0) is 9.59 Å². The average Bonchev–Trinajstić information content (AvgIpc) is 2.96. The first-order valence-electron chi connectivity index (χ1n) is 12.6. The number of benzene rings is 3. The first-order chi connectivity index (χ1) is 18.1. The minimum Gasteiger partial charge on any atom is -0.497 e. The smallest absolute Gasteiger partial charge is 0.262 e. The Bertz CT molecular complexity index is 1120. The first kappa shape index (κ1) is 26.1. The maximum Gasteiger partial charge on any atom is 0.262 e. The second-order valence-corrected chi connectivity index (χ2v) is 9.00. The van der Waals surface area contributed by atoms with Crippen molar-refractivity contribution in [3.63, 3.8) is 0 Å². The van der Waals surface area contributed by atoms with E-state index in [1.807, 2.05) is 36.4 Å². The van der Waals surface area contributed by atoms with Gasteiger partial charge in [-0.1, -0.05) is 72.8 Å². The molecule has 1 fully saturated rings. The average molecular weight is 499 g/mol. The number of carbonyl (C=O) groups excluding carboxylic acids is 2. The molecular formula is C30H34N4O3. The summed E-state index contributed by atoms with van der Waals surface area (Å²) in [6.45, 7) is 4.27. The van der Waals surface area contributed by atoms with Gasteiger partial charge in [0.05, 0.1) is 13.2 Å². The lowest BCUT2D eigenvalue weighted by Gasteiger charge is -2.39. The van der Waals surface area contributed by atoms with E-state index in [2.05, 4.69) is 69.2 Å². The fraction of sp³-hybridized carbons (Fsp3) is 0.267. The number of methoxy groups -OCH3 is 1. The molecule has 1 saturated heterocycles. The molecule has 0 spiro atoms. The van der Waals surface area contributed by atoms with E-state index in [9.17, 15) is 9.59 Å². The van der Waals surface area contributed by atoms with Crippen LogP contribution in [0.2, 0.25) is 0 Å². The summed E-state index contributed by atoms with van der Waals surface area (Å²) in [5.41, 5.74) is 8.39. The lowest BCUT2D eigenvalue weighted by atomic mass is 9.96. The minimum absolute atomic E-state index is 0.208. The third-order valence-corrected chi connectivity index (χ3v) is 6.53. The molecule has 3 aromatic rings. The van der Waals surface area contributed by atoms with E-state index < -0.39 is 0 Å². The van der Waals surface area contributed by atoms with Gasteiger partial charge in [-0.05, 0) is 34.9 Å². The molecule has 4 rings (SSSR count). The van der Waals surface area contributed by atoms with Crippen molar-refractivity contribution in [2.24, 2.45) is 0 Å². The van der Waals surface area contributed by atoms with Crippen molar-refractivity contribution in [1.82, 2.24) is 20.7 Å². The van der Waals surface area contributed by atoms with Crippen molar-refractivity contribution in [2.75, 3.05) is 39.8 Å². The molecule has 0 aromatic heterocycles. The van der Waals surface area contributed by atoms with E-state index >= 15 is 0 Å². The quantitative estimate of drug-likeness (QED) is 0.348. The highest BCUT2D eigenvalue weighted by Gasteiger charge is 2.26. The fourth-order valence-corrected chi connectivity index (χ4v) is 4.51. The Morgan fingerprint density at radius 2 is 1.43 bits per heavy atom. The summed E-state index contributed by atoms with van der Waals surface area (Å²) in [6, 6.07) is 28.8. The van der Waals surface area contributed by atoms with Crippen LogP contribution in [0.1, 0.15) is 29.2 Å². The zero-order valence-electron chi connectivity index (χ0n) is 21.2. The molecule has 1 aliphatic rings. The van der Waals surface area contributed by atoms with E-state index in [4.69, 9.17) is 4.74 Å². The number of hydrazine groups is 1. The molecule has 37 heavy (non-hydrogen) atoms. The van der Waals surface area contributed by atoms with Gasteiger partial charge in [0.15, 0.2) is 0 Å². The summed E-state index contributed by atoms with van der Waals surface area (Å²) >= 11 is 0. The Balaban J connectivity index is 1.20. The molecule has 1 heterocycles. The van der Waals surface area contributed by atoms with Crippen LogP contribution in [0.25, 0.3) is 6.08 Å². The molecule has 2 amide bonds. The number of nitrogens with zero attached hydrogens (tertiary/aromatic N) is 2. The van der Waals surface area contributed by atoms with Gasteiger partial charge < -0.3 is 9.64 Å². The van der Waals surface area contributed by atoms with Gasteiger partial charge in [-0.3, -0.25) is 25.3 Å². The summed E-state index contributed by atoms with van der Waals surface area (Å²) in [5, 5.41) is 0. The van der Waals surface area contributed by atoms with Crippen molar-refractivity contribution >= 4 is 17.9 Å². The standard InChI is InChI=1S/C30H34N4O3/c1-37-27-15-12-24(13-16-27)14-17-28(35)31-32-29(36)18-19-33-20-22-34(23-21-33)30(25-8-4-2-5-9-25)26-10-6-3-7-11-26/h2-17,30H,18-23H2,1H3,(H,31,35)(H,32,36). The summed E-state index contributed by atoms with van der Waals surface area (Å²) < 4.78 is 5.12. The van der Waals surface area contributed by atoms with E-state index in [-0.39, 0.29) is 17.9 Å². The molecule has 3 aromatic carbocycles. The van der Waals surface area contributed by atoms with E-state index in [1.54, 1.807) is 13.2 Å². The lowest BCUT2D eigenvalue weighted by molar-refractivity contribution is -0.127. The van der Waals surface area contributed by atoms with Crippen molar-refractivity contribution in [2.45, 2.75) is 12.5 Å². The number of piperazine rings is 1. The zero-order chi connectivity index (χ0) is 25.9. The minimum atomic E-state index is -0.384. The fourth-order valence-electron chi connectivity index (χ4n) is 4.51. The van der Waals surface area contributed by atoms with Gasteiger partial charge in [0.2, 0.25) is 5.91 Å². The number of hydrogen-bond donors (Lipinski definition) is 2. The first-order valence-corrected chi connectivity index (χ1v) is 12.6. The molecule has 0 unspecified atom stereocenters. The van der Waals surface area contributed by atoms with Gasteiger partial charge in [-0.25, -0.2) is 0 Å². The molecule has 0 aliphatic carbocycles. The predicted octanol–water partition coefficient (Wildman–Crippen LogP) is 3.65. The van der Waals surface area contributed by atoms with Crippen LogP contribution in [0, 0.1) is 0 Å². The lowest BCUT2D eigenvalue weighted by Crippen LogP contribution is -2.49. The van der Waals surface area contributed by atoms with Crippen LogP contribution >= 0.6 is 0 Å². The van der Waals surface area contributed by atoms with Gasteiger partial charge >= 0.3 is 0 Å². The largest absolute Gasteiger partial charge is 0.497 e. The summed E-state index contributed by atoms with van der Waals surface area (Å²) in [7, 11) is 1.61. The van der Waals surface area contributed by atoms with E-state index in [0.717, 1.165) is 37.5 Å². The number of nitrogens with one attached hydrogen (secondary N) is 2. The third-order valence-electron chi connectivity index (χ3n) is 6.53. The number of ether oxygens (including phenoxy) is 1. The second kappa shape index (κ2) is 13.4. The number of hydrogen-bond acceptors (Lipinski definition) is 5. The van der Waals surface area contributed by atoms with Gasteiger partial charge in [-0.15, -0.1) is 0 Å². The second-order valence-electron chi connectivity index (χ2n) is 9.00. The number of amides is 2. The molecule has 192 valence electrons. The maximum atomic E-state index is 12.3. The molecule has 0 saturated carbocycles. The summed E-state index contributed by atoms with van der Waals surface area (Å²) in [5.74, 6) is 0.160. The molecule has 2 N–H and O–H groups in total. The Morgan fingerprint density at radius 3 is 2.00 bits per heavy atom. The Kier molecular flexibility index (Phi) is 9.46. The summed E-state index contributed by atoms with van der Waals surface area (Å²) in [6.07, 6.45) is 3.39. The highest BCUT2D eigenvalue weighted by molar-refractivity contribution is 5.93. The van der Waals surface area contributed by atoms with Crippen LogP contribution in [0.4, 0.5) is 0 Å². The highest BCUT2D eigenvalue weighted by atomic mass is 16.5. The van der Waals surface area contributed by atoms with Crippen LogP contribution in [0.5, 0.6) is 5.75 Å². The molecule has 7 heteroatoms. The molecule has 0 atom stereocenters. The van der Waals surface area contributed by atoms with E-state index in [1.165, 1.54) is 17.2 Å². The van der Waals surface area contributed by atoms with Crippen molar-refractivity contribution in [1.29, 1.82) is 0 Å². The van der Waals surface area contributed by atoms with Gasteiger partial charge in [0.1, 0.15) is 5.75 Å². The van der Waals surface area contributed by atoms with Crippen LogP contribution in [0.15, 0.2) is 91.0 Å². The van der Waals surface area contributed by atoms with Crippen LogP contribution < -0.4 is 15.6 Å². The number of carbonyl (C=O) groups is 2. The Labute approximate surface area is 218 Å². The molecule has 7 nitrogen and oxygen atoms in total. The molecular weight excluding hydrogens is 464 g/mol. The van der Waals surface area contributed by atoms with Gasteiger partial charge in [-0.2, -0.15) is 0 Å². The summed E-state index contributed by atoms with van der Waals surface area (Å²) in [4.78, 5) is 29.1. The number of rotatable bonds is 9. The zero-order valence-corrected chi connectivity index (χ0v) is 21.2. The monoisotopic (exact) mass is 498 g/mol. The van der Waals surface area contributed by atoms with Crippen molar-refractivity contribution in [3.8, 4) is 5.75 Å². The van der Waals surface area contributed by atoms with Gasteiger partial charge in [0, 0.05) is 45.2 Å². The Hall–Kier alpha value is -3.94. The van der Waals surface area contributed by atoms with Crippen molar-refractivity contribution in [3.05, 3.63) is 108 Å². The Morgan fingerprint density at radius 1 is 0.838 bits per heavy atom. The predicted molar refractivity (Wildman–Crippen MR) is 146 cm³/mol. The van der Waals surface area contributed by atoms with E-state index in [0.29, 0.717) is 13.0 Å². The van der Waals surface area contributed by atoms with Gasteiger partial charge in [0.25, 0.3) is 5.91 Å².